The van der Waals surface area contributed by atoms with Gasteiger partial charge in [0.1, 0.15) is 0 Å². The first-order valence-electron chi connectivity index (χ1n) is 5.59. The molecule has 1 N–H and O–H groups in total. The average molecular weight is 244 g/mol. The standard InChI is InChI=1S/C11H18ClN3O/c1-3-4-5-13-11(16)9(2)7-15-8-10(12)6-14-15/h6,8-9H,3-5,7H2,1-2H3,(H,13,16). The number of nitrogens with zero attached hydrogens (tertiary/aromatic N) is 2. The van der Waals surface area contributed by atoms with E-state index in [1.165, 1.54) is 0 Å². The minimum Gasteiger partial charge on any atom is -0.356 e. The SMILES string of the molecule is CCCCNC(=O)C(C)Cn1cc(Cl)cn1. The Morgan fingerprint density at radius 2 is 2.44 bits per heavy atom. The van der Waals surface area contributed by atoms with Gasteiger partial charge in [-0.2, -0.15) is 5.10 Å². The van der Waals surface area contributed by atoms with E-state index in [9.17, 15) is 4.79 Å². The zero-order valence-electron chi connectivity index (χ0n) is 9.74. The highest BCUT2D eigenvalue weighted by Gasteiger charge is 2.13. The fraction of sp³-hybridized carbons (Fsp3) is 0.636. The summed E-state index contributed by atoms with van der Waals surface area (Å²) in [5.41, 5.74) is 0. The van der Waals surface area contributed by atoms with E-state index in [4.69, 9.17) is 11.6 Å². The van der Waals surface area contributed by atoms with Gasteiger partial charge in [-0.3, -0.25) is 9.48 Å². The second-order valence-electron chi connectivity index (χ2n) is 3.93. The first-order valence-corrected chi connectivity index (χ1v) is 5.97. The third-order valence-electron chi connectivity index (χ3n) is 2.34. The molecule has 1 heterocycles. The summed E-state index contributed by atoms with van der Waals surface area (Å²) in [5.74, 6) is -0.0205. The van der Waals surface area contributed by atoms with Crippen molar-refractivity contribution in [3.8, 4) is 0 Å². The van der Waals surface area contributed by atoms with Crippen molar-refractivity contribution in [2.24, 2.45) is 5.92 Å². The van der Waals surface area contributed by atoms with Crippen LogP contribution in [-0.2, 0) is 11.3 Å². The number of nitrogens with one attached hydrogen (secondary N) is 1. The summed E-state index contributed by atoms with van der Waals surface area (Å²) in [6.07, 6.45) is 5.40. The molecule has 1 atom stereocenters. The Kier molecular flexibility index (Phi) is 5.32. The number of carbonyl (C=O) groups excluding carboxylic acids is 1. The Hall–Kier alpha value is -1.03. The molecular weight excluding hydrogens is 226 g/mol. The molecule has 5 heteroatoms. The van der Waals surface area contributed by atoms with Crippen LogP contribution in [0.3, 0.4) is 0 Å². The maximum absolute atomic E-state index is 11.6. The van der Waals surface area contributed by atoms with E-state index >= 15 is 0 Å². The van der Waals surface area contributed by atoms with Crippen molar-refractivity contribution in [2.45, 2.75) is 33.2 Å². The Labute approximate surface area is 101 Å². The van der Waals surface area contributed by atoms with Gasteiger partial charge in [0, 0.05) is 12.7 Å². The second-order valence-corrected chi connectivity index (χ2v) is 4.36. The maximum atomic E-state index is 11.6. The topological polar surface area (TPSA) is 46.9 Å². The molecule has 0 aliphatic heterocycles. The second kappa shape index (κ2) is 6.53. The summed E-state index contributed by atoms with van der Waals surface area (Å²) >= 11 is 5.74. The van der Waals surface area contributed by atoms with E-state index in [2.05, 4.69) is 17.3 Å². The summed E-state index contributed by atoms with van der Waals surface area (Å²) in [7, 11) is 0. The van der Waals surface area contributed by atoms with Gasteiger partial charge in [-0.25, -0.2) is 0 Å². The Balaban J connectivity index is 2.34. The van der Waals surface area contributed by atoms with Crippen LogP contribution in [0.4, 0.5) is 0 Å². The quantitative estimate of drug-likeness (QED) is 0.778. The molecule has 0 radical (unpaired) electrons. The number of aromatic nitrogens is 2. The first kappa shape index (κ1) is 13.0. The van der Waals surface area contributed by atoms with Gasteiger partial charge in [-0.05, 0) is 6.42 Å². The van der Waals surface area contributed by atoms with E-state index < -0.39 is 0 Å². The summed E-state index contributed by atoms with van der Waals surface area (Å²) in [4.78, 5) is 11.6. The molecule has 0 saturated heterocycles. The van der Waals surface area contributed by atoms with Crippen LogP contribution in [0, 0.1) is 5.92 Å². The highest BCUT2D eigenvalue weighted by molar-refractivity contribution is 6.30. The lowest BCUT2D eigenvalue weighted by atomic mass is 10.1. The summed E-state index contributed by atoms with van der Waals surface area (Å²) in [6, 6.07) is 0. The molecule has 16 heavy (non-hydrogen) atoms. The van der Waals surface area contributed by atoms with Crippen molar-refractivity contribution in [1.82, 2.24) is 15.1 Å². The molecule has 0 aliphatic carbocycles. The van der Waals surface area contributed by atoms with Crippen molar-refractivity contribution in [3.63, 3.8) is 0 Å². The average Bonchev–Trinajstić information content (AvgIpc) is 2.64. The van der Waals surface area contributed by atoms with Crippen LogP contribution in [0.5, 0.6) is 0 Å². The predicted molar refractivity (Wildman–Crippen MR) is 64.3 cm³/mol. The lowest BCUT2D eigenvalue weighted by Gasteiger charge is -2.11. The van der Waals surface area contributed by atoms with Gasteiger partial charge in [0.25, 0.3) is 0 Å². The molecule has 0 aliphatic rings. The van der Waals surface area contributed by atoms with Crippen LogP contribution in [-0.4, -0.2) is 22.2 Å². The van der Waals surface area contributed by atoms with Gasteiger partial charge >= 0.3 is 0 Å². The van der Waals surface area contributed by atoms with Gasteiger partial charge in [0.15, 0.2) is 0 Å². The van der Waals surface area contributed by atoms with E-state index in [1.807, 2.05) is 6.92 Å². The first-order chi connectivity index (χ1) is 7.63. The fourth-order valence-electron chi connectivity index (χ4n) is 1.36. The molecular formula is C11H18ClN3O. The highest BCUT2D eigenvalue weighted by Crippen LogP contribution is 2.07. The lowest BCUT2D eigenvalue weighted by Crippen LogP contribution is -2.32. The molecule has 1 unspecified atom stereocenters. The van der Waals surface area contributed by atoms with Gasteiger partial charge in [0.2, 0.25) is 5.91 Å². The van der Waals surface area contributed by atoms with Crippen LogP contribution in [0.25, 0.3) is 0 Å². The molecule has 1 aromatic heterocycles. The Morgan fingerprint density at radius 1 is 1.69 bits per heavy atom. The summed E-state index contributed by atoms with van der Waals surface area (Å²) in [6.45, 7) is 5.29. The molecule has 4 nitrogen and oxygen atoms in total. The molecule has 0 spiro atoms. The van der Waals surface area contributed by atoms with Gasteiger partial charge < -0.3 is 5.32 Å². The molecule has 1 rings (SSSR count). The highest BCUT2D eigenvalue weighted by atomic mass is 35.5. The largest absolute Gasteiger partial charge is 0.356 e. The normalized spacial score (nSPS) is 12.4. The van der Waals surface area contributed by atoms with Crippen LogP contribution >= 0.6 is 11.6 Å². The van der Waals surface area contributed by atoms with Crippen molar-refractivity contribution >= 4 is 17.5 Å². The van der Waals surface area contributed by atoms with Crippen molar-refractivity contribution in [3.05, 3.63) is 17.4 Å². The van der Waals surface area contributed by atoms with Crippen LogP contribution in [0.1, 0.15) is 26.7 Å². The summed E-state index contributed by atoms with van der Waals surface area (Å²) in [5, 5.41) is 7.53. The Morgan fingerprint density at radius 3 is 3.00 bits per heavy atom. The number of hydrogen-bond donors (Lipinski definition) is 1. The molecule has 0 bridgehead atoms. The predicted octanol–water partition coefficient (Wildman–Crippen LogP) is 2.09. The zero-order valence-corrected chi connectivity index (χ0v) is 10.5. The number of halogens is 1. The van der Waals surface area contributed by atoms with Crippen molar-refractivity contribution < 1.29 is 4.79 Å². The van der Waals surface area contributed by atoms with Gasteiger partial charge in [-0.1, -0.05) is 31.9 Å². The minimum absolute atomic E-state index is 0.0695. The smallest absolute Gasteiger partial charge is 0.224 e. The lowest BCUT2D eigenvalue weighted by molar-refractivity contribution is -0.124. The van der Waals surface area contributed by atoms with E-state index in [0.29, 0.717) is 11.6 Å². The fourth-order valence-corrected chi connectivity index (χ4v) is 1.52. The maximum Gasteiger partial charge on any atom is 0.224 e. The number of carbonyl (C=O) groups is 1. The van der Waals surface area contributed by atoms with E-state index in [1.54, 1.807) is 17.1 Å². The third kappa shape index (κ3) is 4.23. The Bertz CT molecular complexity index is 338. The van der Waals surface area contributed by atoms with Crippen LogP contribution in [0.15, 0.2) is 12.4 Å². The summed E-state index contributed by atoms with van der Waals surface area (Å²) < 4.78 is 1.69. The van der Waals surface area contributed by atoms with Crippen LogP contribution < -0.4 is 5.32 Å². The van der Waals surface area contributed by atoms with Crippen LogP contribution in [0.2, 0.25) is 5.02 Å². The van der Waals surface area contributed by atoms with E-state index in [0.717, 1.165) is 19.4 Å². The number of hydrogen-bond acceptors (Lipinski definition) is 2. The molecule has 1 aromatic rings. The number of amides is 1. The molecule has 0 saturated carbocycles. The molecule has 0 fully saturated rings. The third-order valence-corrected chi connectivity index (χ3v) is 2.53. The number of rotatable bonds is 6. The molecule has 0 aromatic carbocycles. The number of unbranched alkanes of at least 4 members (excludes halogenated alkanes) is 1. The van der Waals surface area contributed by atoms with Gasteiger partial charge in [0.05, 0.1) is 23.7 Å². The molecule has 90 valence electrons. The monoisotopic (exact) mass is 243 g/mol. The van der Waals surface area contributed by atoms with Crippen molar-refractivity contribution in [1.29, 1.82) is 0 Å². The van der Waals surface area contributed by atoms with Crippen molar-refractivity contribution in [2.75, 3.05) is 6.54 Å². The van der Waals surface area contributed by atoms with E-state index in [-0.39, 0.29) is 11.8 Å². The van der Waals surface area contributed by atoms with Gasteiger partial charge in [-0.15, -0.1) is 0 Å². The molecule has 1 amide bonds. The minimum atomic E-state index is -0.0900. The zero-order chi connectivity index (χ0) is 12.0.